The molecule has 1 amide bonds. The lowest BCUT2D eigenvalue weighted by Crippen LogP contribution is -2.38. The molecule has 2 N–H and O–H groups in total. The fourth-order valence-electron chi connectivity index (χ4n) is 5.78. The van der Waals surface area contributed by atoms with Crippen LogP contribution in [0.4, 0.5) is 11.4 Å². The van der Waals surface area contributed by atoms with E-state index in [2.05, 4.69) is 5.32 Å². The number of allylic oxidation sites excluding steroid dienone is 1. The molecule has 10 heteroatoms. The third-order valence-corrected chi connectivity index (χ3v) is 7.84. The van der Waals surface area contributed by atoms with Crippen LogP contribution in [0.1, 0.15) is 59.1 Å². The Morgan fingerprint density at radius 2 is 1.58 bits per heavy atom. The first kappa shape index (κ1) is 29.4. The maximum Gasteiger partial charge on any atom is 0.337 e. The molecule has 2 atom stereocenters. The number of esters is 1. The van der Waals surface area contributed by atoms with Crippen LogP contribution in [0.2, 0.25) is 0 Å². The van der Waals surface area contributed by atoms with Gasteiger partial charge in [-0.25, -0.2) is 4.79 Å². The molecule has 3 aromatic rings. The van der Waals surface area contributed by atoms with Crippen LogP contribution in [0.5, 0.6) is 11.5 Å². The number of carbonyl (C=O) groups excluding carboxylic acids is 3. The highest BCUT2D eigenvalue weighted by molar-refractivity contribution is 6.07. The van der Waals surface area contributed by atoms with E-state index in [0.717, 1.165) is 5.56 Å². The SMILES string of the molecule is COC(=O)c1ccc([C@@H]2C3=C(C[C@H](c4ccc(OC)c(OC)c4)CC3=O)Nc3ccccc3N2C(=O)CCC(=O)O)cc1. The van der Waals surface area contributed by atoms with Gasteiger partial charge in [0.15, 0.2) is 17.3 Å². The largest absolute Gasteiger partial charge is 0.493 e. The summed E-state index contributed by atoms with van der Waals surface area (Å²) in [6.07, 6.45) is 0.0324. The van der Waals surface area contributed by atoms with Gasteiger partial charge in [-0.05, 0) is 59.9 Å². The molecule has 0 saturated heterocycles. The minimum atomic E-state index is -1.10. The van der Waals surface area contributed by atoms with Gasteiger partial charge in [-0.3, -0.25) is 19.3 Å². The monoisotopic (exact) mass is 584 g/mol. The summed E-state index contributed by atoms with van der Waals surface area (Å²) in [7, 11) is 4.41. The molecule has 0 saturated carbocycles. The van der Waals surface area contributed by atoms with Crippen LogP contribution in [0.25, 0.3) is 0 Å². The van der Waals surface area contributed by atoms with Gasteiger partial charge < -0.3 is 24.6 Å². The summed E-state index contributed by atoms with van der Waals surface area (Å²) in [6.45, 7) is 0. The Hall–Kier alpha value is -5.12. The number of aliphatic carboxylic acids is 1. The van der Waals surface area contributed by atoms with Gasteiger partial charge in [0.05, 0.1) is 50.7 Å². The number of anilines is 2. The highest BCUT2D eigenvalue weighted by Crippen LogP contribution is 2.48. The third kappa shape index (κ3) is 5.81. The summed E-state index contributed by atoms with van der Waals surface area (Å²) < 4.78 is 15.7. The lowest BCUT2D eigenvalue weighted by Gasteiger charge is -2.35. The maximum atomic E-state index is 14.2. The molecule has 0 fully saturated rings. The van der Waals surface area contributed by atoms with Crippen molar-refractivity contribution < 1.29 is 38.5 Å². The van der Waals surface area contributed by atoms with Gasteiger partial charge in [0.2, 0.25) is 5.91 Å². The van der Waals surface area contributed by atoms with Gasteiger partial charge in [-0.15, -0.1) is 0 Å². The van der Waals surface area contributed by atoms with E-state index in [-0.39, 0.29) is 31.0 Å². The Morgan fingerprint density at radius 1 is 0.884 bits per heavy atom. The van der Waals surface area contributed by atoms with E-state index < -0.39 is 23.9 Å². The average Bonchev–Trinajstić information content (AvgIpc) is 3.17. The minimum Gasteiger partial charge on any atom is -0.493 e. The number of carboxylic acid groups (broad SMARTS) is 1. The smallest absolute Gasteiger partial charge is 0.337 e. The lowest BCUT2D eigenvalue weighted by molar-refractivity contribution is -0.138. The Morgan fingerprint density at radius 3 is 2.26 bits per heavy atom. The molecule has 3 aromatic carbocycles. The number of methoxy groups -OCH3 is 3. The van der Waals surface area contributed by atoms with E-state index in [1.54, 1.807) is 50.6 Å². The number of amides is 1. The van der Waals surface area contributed by atoms with Crippen molar-refractivity contribution in [3.05, 3.63) is 94.7 Å². The number of carbonyl (C=O) groups is 4. The van der Waals surface area contributed by atoms with E-state index in [9.17, 15) is 24.3 Å². The molecule has 0 spiro atoms. The molecule has 1 aliphatic carbocycles. The predicted molar refractivity (Wildman–Crippen MR) is 158 cm³/mol. The Balaban J connectivity index is 1.66. The van der Waals surface area contributed by atoms with Crippen molar-refractivity contribution in [1.29, 1.82) is 0 Å². The Labute approximate surface area is 248 Å². The number of ether oxygens (including phenoxy) is 3. The van der Waals surface area contributed by atoms with Crippen LogP contribution < -0.4 is 19.7 Å². The highest BCUT2D eigenvalue weighted by Gasteiger charge is 2.41. The van der Waals surface area contributed by atoms with Crippen LogP contribution >= 0.6 is 0 Å². The van der Waals surface area contributed by atoms with Crippen molar-refractivity contribution in [1.82, 2.24) is 0 Å². The van der Waals surface area contributed by atoms with Crippen molar-refractivity contribution in [2.45, 2.75) is 37.6 Å². The number of carboxylic acids is 1. The van der Waals surface area contributed by atoms with Crippen molar-refractivity contribution in [3.63, 3.8) is 0 Å². The second-order valence-corrected chi connectivity index (χ2v) is 10.4. The zero-order valence-electron chi connectivity index (χ0n) is 24.1. The van der Waals surface area contributed by atoms with Crippen molar-refractivity contribution >= 4 is 35.0 Å². The number of benzene rings is 3. The zero-order chi connectivity index (χ0) is 30.7. The van der Waals surface area contributed by atoms with Crippen molar-refractivity contribution in [2.24, 2.45) is 0 Å². The van der Waals surface area contributed by atoms with E-state index in [4.69, 9.17) is 14.2 Å². The number of hydrogen-bond acceptors (Lipinski definition) is 8. The second kappa shape index (κ2) is 12.4. The molecule has 2 aliphatic rings. The number of fused-ring (bicyclic) bond motifs is 1. The Bertz CT molecular complexity index is 1610. The number of rotatable bonds is 8. The van der Waals surface area contributed by atoms with Crippen molar-refractivity contribution in [3.8, 4) is 11.5 Å². The highest BCUT2D eigenvalue weighted by atomic mass is 16.5. The standard InChI is InChI=1S/C33H32N2O8/c1-41-27-13-12-21(18-28(27)42-2)22-16-24-31(26(36)17-22)32(19-8-10-20(11-9-19)33(40)43-3)35(29(37)14-15-30(38)39)25-7-5-4-6-23(25)34-24/h4-13,18,22,32,34H,14-17H2,1-3H3,(H,38,39)/t22-,32+/m0/s1. The number of para-hydroxylation sites is 2. The van der Waals surface area contributed by atoms with E-state index in [1.807, 2.05) is 30.3 Å². The van der Waals surface area contributed by atoms with Gasteiger partial charge in [-0.1, -0.05) is 30.3 Å². The average molecular weight is 585 g/mol. The van der Waals surface area contributed by atoms with Gasteiger partial charge in [0, 0.05) is 24.1 Å². The van der Waals surface area contributed by atoms with E-state index in [0.29, 0.717) is 51.7 Å². The van der Waals surface area contributed by atoms with E-state index in [1.165, 1.54) is 12.0 Å². The fourth-order valence-corrected chi connectivity index (χ4v) is 5.78. The molecule has 0 aromatic heterocycles. The quantitative estimate of drug-likeness (QED) is 0.341. The lowest BCUT2D eigenvalue weighted by atomic mass is 9.78. The predicted octanol–water partition coefficient (Wildman–Crippen LogP) is 5.26. The number of Topliss-reactive ketones (excluding diaryl/α,β-unsaturated/α-hetero) is 1. The van der Waals surface area contributed by atoms with Crippen LogP contribution in [0, 0.1) is 0 Å². The summed E-state index contributed by atoms with van der Waals surface area (Å²) in [5.74, 6) is -1.24. The summed E-state index contributed by atoms with van der Waals surface area (Å²) in [6, 6.07) is 18.5. The first-order valence-electron chi connectivity index (χ1n) is 13.8. The maximum absolute atomic E-state index is 14.2. The topological polar surface area (TPSA) is 131 Å². The molecule has 0 radical (unpaired) electrons. The molecule has 1 aliphatic heterocycles. The molecule has 43 heavy (non-hydrogen) atoms. The molecule has 10 nitrogen and oxygen atoms in total. The van der Waals surface area contributed by atoms with Crippen LogP contribution in [-0.4, -0.2) is 50.1 Å². The molecule has 0 bridgehead atoms. The number of ketones is 1. The van der Waals surface area contributed by atoms with E-state index >= 15 is 0 Å². The normalized spacial score (nSPS) is 17.7. The molecule has 5 rings (SSSR count). The number of nitrogens with one attached hydrogen (secondary N) is 1. The van der Waals surface area contributed by atoms with Gasteiger partial charge in [-0.2, -0.15) is 0 Å². The molecular formula is C33H32N2O8. The summed E-state index contributed by atoms with van der Waals surface area (Å²) >= 11 is 0. The summed E-state index contributed by atoms with van der Waals surface area (Å²) in [4.78, 5) is 53.1. The van der Waals surface area contributed by atoms with Crippen LogP contribution in [0.15, 0.2) is 78.0 Å². The molecule has 1 heterocycles. The second-order valence-electron chi connectivity index (χ2n) is 10.4. The number of nitrogens with zero attached hydrogens (tertiary/aromatic N) is 1. The van der Waals surface area contributed by atoms with Gasteiger partial charge in [0.25, 0.3) is 0 Å². The Kier molecular flexibility index (Phi) is 8.47. The molecular weight excluding hydrogens is 552 g/mol. The zero-order valence-corrected chi connectivity index (χ0v) is 24.1. The van der Waals surface area contributed by atoms with Gasteiger partial charge in [0.1, 0.15) is 0 Å². The molecule has 222 valence electrons. The minimum absolute atomic E-state index is 0.153. The fraction of sp³-hybridized carbons (Fsp3) is 0.273. The summed E-state index contributed by atoms with van der Waals surface area (Å²) in [5.41, 5.74) is 4.05. The number of hydrogen-bond donors (Lipinski definition) is 2. The van der Waals surface area contributed by atoms with Crippen molar-refractivity contribution in [2.75, 3.05) is 31.5 Å². The first-order valence-corrected chi connectivity index (χ1v) is 13.8. The first-order chi connectivity index (χ1) is 20.7. The third-order valence-electron chi connectivity index (χ3n) is 7.84. The summed E-state index contributed by atoms with van der Waals surface area (Å²) in [5, 5.41) is 12.8. The molecule has 0 unspecified atom stereocenters. The van der Waals surface area contributed by atoms with Crippen LogP contribution in [0.3, 0.4) is 0 Å². The van der Waals surface area contributed by atoms with Gasteiger partial charge >= 0.3 is 11.9 Å². The van der Waals surface area contributed by atoms with Crippen LogP contribution in [-0.2, 0) is 19.1 Å².